The van der Waals surface area contributed by atoms with Crippen molar-refractivity contribution >= 4 is 11.7 Å². The van der Waals surface area contributed by atoms with Crippen LogP contribution in [-0.4, -0.2) is 30.9 Å². The number of urea groups is 1. The van der Waals surface area contributed by atoms with Gasteiger partial charge in [-0.25, -0.2) is 4.79 Å². The SMILES string of the molecule is COc1ccc(NC(=O)NCC[C@@H](O)C(C)(C)C)cc1. The molecular formula is C15H24N2O3. The van der Waals surface area contributed by atoms with Gasteiger partial charge in [0, 0.05) is 12.2 Å². The molecule has 1 aromatic carbocycles. The molecule has 0 saturated heterocycles. The predicted octanol–water partition coefficient (Wildman–Crippen LogP) is 2.61. The topological polar surface area (TPSA) is 70.6 Å². The molecule has 0 aromatic heterocycles. The fourth-order valence-electron chi connectivity index (χ4n) is 1.61. The number of carbonyl (C=O) groups excluding carboxylic acids is 1. The van der Waals surface area contributed by atoms with Crippen molar-refractivity contribution in [2.24, 2.45) is 5.41 Å². The van der Waals surface area contributed by atoms with Crippen LogP contribution < -0.4 is 15.4 Å². The maximum absolute atomic E-state index is 11.7. The van der Waals surface area contributed by atoms with Gasteiger partial charge in [0.1, 0.15) is 5.75 Å². The number of carbonyl (C=O) groups is 1. The fraction of sp³-hybridized carbons (Fsp3) is 0.533. The van der Waals surface area contributed by atoms with Gasteiger partial charge in [-0.2, -0.15) is 0 Å². The third-order valence-corrected chi connectivity index (χ3v) is 3.05. The van der Waals surface area contributed by atoms with Gasteiger partial charge in [-0.3, -0.25) is 0 Å². The molecule has 5 nitrogen and oxygen atoms in total. The summed E-state index contributed by atoms with van der Waals surface area (Å²) in [7, 11) is 1.59. The van der Waals surface area contributed by atoms with E-state index in [0.717, 1.165) is 5.75 Å². The van der Waals surface area contributed by atoms with E-state index in [0.29, 0.717) is 18.7 Å². The van der Waals surface area contributed by atoms with Crippen LogP contribution in [0.4, 0.5) is 10.5 Å². The van der Waals surface area contributed by atoms with Gasteiger partial charge in [-0.1, -0.05) is 20.8 Å². The highest BCUT2D eigenvalue weighted by molar-refractivity contribution is 5.89. The first kappa shape index (κ1) is 16.3. The Morgan fingerprint density at radius 1 is 1.30 bits per heavy atom. The number of amides is 2. The smallest absolute Gasteiger partial charge is 0.319 e. The van der Waals surface area contributed by atoms with Crippen molar-refractivity contribution in [1.82, 2.24) is 5.32 Å². The summed E-state index contributed by atoms with van der Waals surface area (Å²) in [6.07, 6.45) is 0.0864. The molecule has 0 heterocycles. The molecule has 0 aliphatic carbocycles. The quantitative estimate of drug-likeness (QED) is 0.776. The first-order valence-electron chi connectivity index (χ1n) is 6.70. The van der Waals surface area contributed by atoms with Crippen molar-refractivity contribution in [3.8, 4) is 5.75 Å². The Morgan fingerprint density at radius 3 is 2.40 bits per heavy atom. The molecule has 112 valence electrons. The largest absolute Gasteiger partial charge is 0.497 e. The van der Waals surface area contributed by atoms with E-state index in [4.69, 9.17) is 4.74 Å². The second-order valence-corrected chi connectivity index (χ2v) is 5.78. The van der Waals surface area contributed by atoms with E-state index >= 15 is 0 Å². The van der Waals surface area contributed by atoms with Crippen molar-refractivity contribution in [3.63, 3.8) is 0 Å². The van der Waals surface area contributed by atoms with Crippen LogP contribution in [0.15, 0.2) is 24.3 Å². The van der Waals surface area contributed by atoms with Gasteiger partial charge in [0.15, 0.2) is 0 Å². The number of aliphatic hydroxyl groups excluding tert-OH is 1. The first-order chi connectivity index (χ1) is 9.32. The van der Waals surface area contributed by atoms with Crippen LogP contribution in [0.5, 0.6) is 5.75 Å². The van der Waals surface area contributed by atoms with E-state index in [2.05, 4.69) is 10.6 Å². The zero-order valence-electron chi connectivity index (χ0n) is 12.6. The van der Waals surface area contributed by atoms with E-state index < -0.39 is 6.10 Å². The summed E-state index contributed by atoms with van der Waals surface area (Å²) < 4.78 is 5.04. The van der Waals surface area contributed by atoms with E-state index in [1.54, 1.807) is 31.4 Å². The minimum Gasteiger partial charge on any atom is -0.497 e. The maximum Gasteiger partial charge on any atom is 0.319 e. The van der Waals surface area contributed by atoms with Gasteiger partial charge in [-0.05, 0) is 36.1 Å². The van der Waals surface area contributed by atoms with E-state index in [1.807, 2.05) is 20.8 Å². The van der Waals surface area contributed by atoms with Gasteiger partial charge in [0.05, 0.1) is 13.2 Å². The third-order valence-electron chi connectivity index (χ3n) is 3.05. The number of ether oxygens (including phenoxy) is 1. The Labute approximate surface area is 120 Å². The molecule has 0 saturated carbocycles. The van der Waals surface area contributed by atoms with Crippen LogP contribution in [0, 0.1) is 5.41 Å². The second-order valence-electron chi connectivity index (χ2n) is 5.78. The highest BCUT2D eigenvalue weighted by atomic mass is 16.5. The number of hydrogen-bond acceptors (Lipinski definition) is 3. The van der Waals surface area contributed by atoms with Crippen molar-refractivity contribution in [2.45, 2.75) is 33.3 Å². The molecule has 0 aliphatic heterocycles. The van der Waals surface area contributed by atoms with E-state index in [9.17, 15) is 9.90 Å². The molecule has 0 unspecified atom stereocenters. The lowest BCUT2D eigenvalue weighted by Gasteiger charge is -2.25. The number of aliphatic hydroxyl groups is 1. The van der Waals surface area contributed by atoms with Gasteiger partial charge in [0.2, 0.25) is 0 Å². The van der Waals surface area contributed by atoms with Gasteiger partial charge in [0.25, 0.3) is 0 Å². The summed E-state index contributed by atoms with van der Waals surface area (Å²) in [4.78, 5) is 11.7. The van der Waals surface area contributed by atoms with Crippen LogP contribution in [-0.2, 0) is 0 Å². The molecule has 0 radical (unpaired) electrons. The number of nitrogens with one attached hydrogen (secondary N) is 2. The van der Waals surface area contributed by atoms with Crippen LogP contribution in [0.2, 0.25) is 0 Å². The minimum atomic E-state index is -0.441. The molecule has 1 rings (SSSR count). The molecule has 5 heteroatoms. The molecule has 2 amide bonds. The Morgan fingerprint density at radius 2 is 1.90 bits per heavy atom. The molecular weight excluding hydrogens is 256 g/mol. The lowest BCUT2D eigenvalue weighted by Crippen LogP contribution is -2.34. The highest BCUT2D eigenvalue weighted by Gasteiger charge is 2.21. The van der Waals surface area contributed by atoms with Gasteiger partial charge in [-0.15, -0.1) is 0 Å². The Hall–Kier alpha value is -1.75. The number of benzene rings is 1. The standard InChI is InChI=1S/C15H24N2O3/c1-15(2,3)13(18)9-10-16-14(19)17-11-5-7-12(20-4)8-6-11/h5-8,13,18H,9-10H2,1-4H3,(H2,16,17,19)/t13-/m1/s1. The lowest BCUT2D eigenvalue weighted by molar-refractivity contribution is 0.0565. The number of hydrogen-bond donors (Lipinski definition) is 3. The molecule has 0 spiro atoms. The maximum atomic E-state index is 11.7. The summed E-state index contributed by atoms with van der Waals surface area (Å²) in [6, 6.07) is 6.80. The van der Waals surface area contributed by atoms with Crippen molar-refractivity contribution in [3.05, 3.63) is 24.3 Å². The minimum absolute atomic E-state index is 0.172. The fourth-order valence-corrected chi connectivity index (χ4v) is 1.61. The van der Waals surface area contributed by atoms with Crippen LogP contribution >= 0.6 is 0 Å². The molecule has 0 bridgehead atoms. The second kappa shape index (κ2) is 7.14. The summed E-state index contributed by atoms with van der Waals surface area (Å²) in [5.41, 5.74) is 0.522. The molecule has 3 N–H and O–H groups in total. The summed E-state index contributed by atoms with van der Waals surface area (Å²) in [5, 5.41) is 15.3. The molecule has 1 atom stereocenters. The third kappa shape index (κ3) is 5.48. The Bertz CT molecular complexity index is 424. The van der Waals surface area contributed by atoms with Crippen LogP contribution in [0.25, 0.3) is 0 Å². The average Bonchev–Trinajstić information content (AvgIpc) is 2.38. The molecule has 1 aromatic rings. The number of methoxy groups -OCH3 is 1. The molecule has 0 aliphatic rings. The first-order valence-corrected chi connectivity index (χ1v) is 6.70. The van der Waals surface area contributed by atoms with Gasteiger partial charge >= 0.3 is 6.03 Å². The highest BCUT2D eigenvalue weighted by Crippen LogP contribution is 2.21. The van der Waals surface area contributed by atoms with Crippen molar-refractivity contribution in [2.75, 3.05) is 19.0 Å². The Balaban J connectivity index is 2.33. The van der Waals surface area contributed by atoms with E-state index in [1.165, 1.54) is 0 Å². The summed E-state index contributed by atoms with van der Waals surface area (Å²) in [5.74, 6) is 0.740. The normalized spacial score (nSPS) is 12.7. The van der Waals surface area contributed by atoms with Crippen molar-refractivity contribution < 1.29 is 14.6 Å². The number of rotatable bonds is 5. The van der Waals surface area contributed by atoms with E-state index in [-0.39, 0.29) is 11.4 Å². The number of anilines is 1. The lowest BCUT2D eigenvalue weighted by atomic mass is 9.87. The Kier molecular flexibility index (Phi) is 5.82. The monoisotopic (exact) mass is 280 g/mol. The van der Waals surface area contributed by atoms with Crippen LogP contribution in [0.1, 0.15) is 27.2 Å². The zero-order chi connectivity index (χ0) is 15.2. The molecule has 0 fully saturated rings. The predicted molar refractivity (Wildman–Crippen MR) is 80.1 cm³/mol. The zero-order valence-corrected chi connectivity index (χ0v) is 12.6. The van der Waals surface area contributed by atoms with Crippen LogP contribution in [0.3, 0.4) is 0 Å². The van der Waals surface area contributed by atoms with Gasteiger partial charge < -0.3 is 20.5 Å². The molecule has 20 heavy (non-hydrogen) atoms. The average molecular weight is 280 g/mol. The summed E-state index contributed by atoms with van der Waals surface area (Å²) in [6.45, 7) is 6.33. The summed E-state index contributed by atoms with van der Waals surface area (Å²) >= 11 is 0. The van der Waals surface area contributed by atoms with Crippen molar-refractivity contribution in [1.29, 1.82) is 0 Å².